The lowest BCUT2D eigenvalue weighted by Crippen LogP contribution is -2.39. The third-order valence-corrected chi connectivity index (χ3v) is 2.43. The fourth-order valence-corrected chi connectivity index (χ4v) is 1.68. The Morgan fingerprint density at radius 1 is 1.35 bits per heavy atom. The van der Waals surface area contributed by atoms with Gasteiger partial charge in [0.15, 0.2) is 0 Å². The minimum atomic E-state index is -0.0794. The van der Waals surface area contributed by atoms with Gasteiger partial charge in [0.2, 0.25) is 0 Å². The van der Waals surface area contributed by atoms with Crippen molar-refractivity contribution < 1.29 is 4.79 Å². The van der Waals surface area contributed by atoms with Crippen LogP contribution in [0.2, 0.25) is 0 Å². The topological polar surface area (TPSA) is 41.1 Å². The number of benzene rings is 1. The first kappa shape index (κ1) is 13.6. The van der Waals surface area contributed by atoms with E-state index < -0.39 is 0 Å². The first-order valence-corrected chi connectivity index (χ1v) is 6.18. The number of urea groups is 1. The van der Waals surface area contributed by atoms with Crippen molar-refractivity contribution in [1.82, 2.24) is 10.6 Å². The Morgan fingerprint density at radius 2 is 2.12 bits per heavy atom. The van der Waals surface area contributed by atoms with E-state index in [1.165, 1.54) is 11.1 Å². The summed E-state index contributed by atoms with van der Waals surface area (Å²) in [5.74, 6) is 0. The zero-order valence-corrected chi connectivity index (χ0v) is 10.9. The van der Waals surface area contributed by atoms with Crippen molar-refractivity contribution >= 4 is 6.03 Å². The SMILES string of the molecule is Cc1cccc(CCCNC(=O)NC(C)C)c1. The number of hydrogen-bond acceptors (Lipinski definition) is 1. The van der Waals surface area contributed by atoms with Gasteiger partial charge in [-0.05, 0) is 39.2 Å². The van der Waals surface area contributed by atoms with Crippen LogP contribution in [0, 0.1) is 6.92 Å². The lowest BCUT2D eigenvalue weighted by Gasteiger charge is -2.10. The first-order valence-electron chi connectivity index (χ1n) is 6.18. The van der Waals surface area contributed by atoms with E-state index in [2.05, 4.69) is 41.8 Å². The fraction of sp³-hybridized carbons (Fsp3) is 0.500. The Bertz CT molecular complexity index is 361. The molecule has 0 unspecified atom stereocenters. The van der Waals surface area contributed by atoms with Crippen molar-refractivity contribution in [2.75, 3.05) is 6.54 Å². The number of amides is 2. The molecule has 3 heteroatoms. The van der Waals surface area contributed by atoms with Crippen LogP contribution in [0.25, 0.3) is 0 Å². The zero-order valence-electron chi connectivity index (χ0n) is 10.9. The van der Waals surface area contributed by atoms with Gasteiger partial charge in [-0.15, -0.1) is 0 Å². The van der Waals surface area contributed by atoms with Crippen LogP contribution in [0.3, 0.4) is 0 Å². The summed E-state index contributed by atoms with van der Waals surface area (Å²) >= 11 is 0. The second-order valence-electron chi connectivity index (χ2n) is 4.65. The van der Waals surface area contributed by atoms with E-state index in [0.717, 1.165) is 12.8 Å². The van der Waals surface area contributed by atoms with E-state index in [1.807, 2.05) is 13.8 Å². The van der Waals surface area contributed by atoms with Gasteiger partial charge in [0.25, 0.3) is 0 Å². The quantitative estimate of drug-likeness (QED) is 0.756. The number of rotatable bonds is 5. The van der Waals surface area contributed by atoms with E-state index >= 15 is 0 Å². The van der Waals surface area contributed by atoms with E-state index in [-0.39, 0.29) is 12.1 Å². The third-order valence-electron chi connectivity index (χ3n) is 2.43. The maximum absolute atomic E-state index is 11.3. The van der Waals surface area contributed by atoms with Crippen LogP contribution in [0.5, 0.6) is 0 Å². The molecule has 1 aromatic carbocycles. The molecule has 2 amide bonds. The molecule has 0 radical (unpaired) electrons. The number of aryl methyl sites for hydroxylation is 2. The maximum atomic E-state index is 11.3. The van der Waals surface area contributed by atoms with Crippen LogP contribution >= 0.6 is 0 Å². The van der Waals surface area contributed by atoms with Gasteiger partial charge in [-0.1, -0.05) is 29.8 Å². The first-order chi connectivity index (χ1) is 8.08. The van der Waals surface area contributed by atoms with Crippen LogP contribution in [0.1, 0.15) is 31.4 Å². The number of carbonyl (C=O) groups excluding carboxylic acids is 1. The van der Waals surface area contributed by atoms with Gasteiger partial charge in [0.05, 0.1) is 0 Å². The van der Waals surface area contributed by atoms with Gasteiger partial charge in [-0.2, -0.15) is 0 Å². The molecule has 2 N–H and O–H groups in total. The number of carbonyl (C=O) groups is 1. The monoisotopic (exact) mass is 234 g/mol. The second-order valence-corrected chi connectivity index (χ2v) is 4.65. The zero-order chi connectivity index (χ0) is 12.7. The Morgan fingerprint density at radius 3 is 2.76 bits per heavy atom. The summed E-state index contributed by atoms with van der Waals surface area (Å²) < 4.78 is 0. The lowest BCUT2D eigenvalue weighted by molar-refractivity contribution is 0.238. The molecule has 0 atom stereocenters. The van der Waals surface area contributed by atoms with Crippen molar-refractivity contribution in [1.29, 1.82) is 0 Å². The maximum Gasteiger partial charge on any atom is 0.314 e. The third kappa shape index (κ3) is 5.95. The molecule has 1 aromatic rings. The highest BCUT2D eigenvalue weighted by molar-refractivity contribution is 5.73. The molecular formula is C14H22N2O. The van der Waals surface area contributed by atoms with E-state index in [0.29, 0.717) is 6.54 Å². The molecule has 94 valence electrons. The van der Waals surface area contributed by atoms with Gasteiger partial charge >= 0.3 is 6.03 Å². The van der Waals surface area contributed by atoms with Crippen LogP contribution in [0.15, 0.2) is 24.3 Å². The molecule has 0 aromatic heterocycles. The van der Waals surface area contributed by atoms with E-state index in [4.69, 9.17) is 0 Å². The van der Waals surface area contributed by atoms with Crippen molar-refractivity contribution in [3.63, 3.8) is 0 Å². The van der Waals surface area contributed by atoms with Crippen molar-refractivity contribution in [2.24, 2.45) is 0 Å². The Kier molecular flexibility index (Phi) is 5.53. The van der Waals surface area contributed by atoms with Gasteiger partial charge in [-0.25, -0.2) is 4.79 Å². The van der Waals surface area contributed by atoms with Crippen LogP contribution in [-0.4, -0.2) is 18.6 Å². The molecule has 0 aliphatic rings. The molecule has 0 heterocycles. The molecule has 17 heavy (non-hydrogen) atoms. The standard InChI is InChI=1S/C14H22N2O/c1-11(2)16-14(17)15-9-5-8-13-7-4-6-12(3)10-13/h4,6-7,10-11H,5,8-9H2,1-3H3,(H2,15,16,17). The van der Waals surface area contributed by atoms with Crippen LogP contribution in [-0.2, 0) is 6.42 Å². The molecular weight excluding hydrogens is 212 g/mol. The molecule has 0 saturated carbocycles. The predicted molar refractivity (Wildman–Crippen MR) is 71.2 cm³/mol. The average Bonchev–Trinajstić information content (AvgIpc) is 2.23. The summed E-state index contributed by atoms with van der Waals surface area (Å²) in [5.41, 5.74) is 2.61. The summed E-state index contributed by atoms with van der Waals surface area (Å²) in [5, 5.41) is 5.65. The highest BCUT2D eigenvalue weighted by atomic mass is 16.2. The normalized spacial score (nSPS) is 10.4. The highest BCUT2D eigenvalue weighted by Crippen LogP contribution is 2.05. The molecule has 3 nitrogen and oxygen atoms in total. The summed E-state index contributed by atoms with van der Waals surface area (Å²) in [6.07, 6.45) is 1.97. The van der Waals surface area contributed by atoms with Crippen molar-refractivity contribution in [3.8, 4) is 0 Å². The lowest BCUT2D eigenvalue weighted by atomic mass is 10.1. The van der Waals surface area contributed by atoms with Gasteiger partial charge in [-0.3, -0.25) is 0 Å². The average molecular weight is 234 g/mol. The van der Waals surface area contributed by atoms with Gasteiger partial charge in [0, 0.05) is 12.6 Å². The Balaban J connectivity index is 2.18. The Hall–Kier alpha value is -1.51. The van der Waals surface area contributed by atoms with Crippen molar-refractivity contribution in [2.45, 2.75) is 39.7 Å². The summed E-state index contributed by atoms with van der Waals surface area (Å²) in [6.45, 7) is 6.71. The number of hydrogen-bond donors (Lipinski definition) is 2. The van der Waals surface area contributed by atoms with Gasteiger partial charge < -0.3 is 10.6 Å². The largest absolute Gasteiger partial charge is 0.338 e. The fourth-order valence-electron chi connectivity index (χ4n) is 1.68. The summed E-state index contributed by atoms with van der Waals surface area (Å²) in [4.78, 5) is 11.3. The van der Waals surface area contributed by atoms with Gasteiger partial charge in [0.1, 0.15) is 0 Å². The van der Waals surface area contributed by atoms with Crippen molar-refractivity contribution in [3.05, 3.63) is 35.4 Å². The molecule has 0 fully saturated rings. The van der Waals surface area contributed by atoms with E-state index in [1.54, 1.807) is 0 Å². The Labute approximate surface area is 104 Å². The summed E-state index contributed by atoms with van der Waals surface area (Å²) in [6, 6.07) is 8.59. The minimum Gasteiger partial charge on any atom is -0.338 e. The van der Waals surface area contributed by atoms with Crippen LogP contribution in [0.4, 0.5) is 4.79 Å². The molecule has 0 spiro atoms. The minimum absolute atomic E-state index is 0.0794. The number of nitrogens with one attached hydrogen (secondary N) is 2. The predicted octanol–water partition coefficient (Wildman–Crippen LogP) is 2.64. The van der Waals surface area contributed by atoms with Crippen LogP contribution < -0.4 is 10.6 Å². The molecule has 0 aliphatic carbocycles. The molecule has 0 bridgehead atoms. The summed E-state index contributed by atoms with van der Waals surface area (Å²) in [7, 11) is 0. The molecule has 0 saturated heterocycles. The smallest absolute Gasteiger partial charge is 0.314 e. The molecule has 1 rings (SSSR count). The molecule has 0 aliphatic heterocycles. The van der Waals surface area contributed by atoms with E-state index in [9.17, 15) is 4.79 Å². The highest BCUT2D eigenvalue weighted by Gasteiger charge is 2.01. The second kappa shape index (κ2) is 6.94.